The van der Waals surface area contributed by atoms with Crippen LogP contribution in [0.1, 0.15) is 5.56 Å². The molecule has 3 heterocycles. The number of pyridine rings is 1. The summed E-state index contributed by atoms with van der Waals surface area (Å²) in [6, 6.07) is 14.8. The fraction of sp³-hybridized carbons (Fsp3) is 0.167. The zero-order chi connectivity index (χ0) is 24.0. The molecule has 10 heteroatoms. The molecule has 0 saturated heterocycles. The molecule has 0 aliphatic carbocycles. The minimum atomic E-state index is -3.84. The maximum absolute atomic E-state index is 13.4. The van der Waals surface area contributed by atoms with Crippen LogP contribution in [0, 0.1) is 0 Å². The van der Waals surface area contributed by atoms with Gasteiger partial charge in [-0.15, -0.1) is 0 Å². The fourth-order valence-corrected chi connectivity index (χ4v) is 5.49. The Morgan fingerprint density at radius 3 is 2.29 bits per heavy atom. The number of nitrogens with zero attached hydrogens (tertiary/aromatic N) is 4. The Bertz CT molecular complexity index is 1490. The molecule has 2 aromatic carbocycles. The number of hydrogen-bond donors (Lipinski definition) is 0. The molecule has 5 rings (SSSR count). The van der Waals surface area contributed by atoms with Crippen molar-refractivity contribution in [3.63, 3.8) is 0 Å². The lowest BCUT2D eigenvalue weighted by molar-refractivity contribution is 0.251. The van der Waals surface area contributed by atoms with Crippen molar-refractivity contribution >= 4 is 38.5 Å². The van der Waals surface area contributed by atoms with Gasteiger partial charge in [-0.05, 0) is 18.2 Å². The van der Waals surface area contributed by atoms with Crippen molar-refractivity contribution in [2.45, 2.75) is 11.4 Å². The number of anilines is 2. The van der Waals surface area contributed by atoms with E-state index >= 15 is 0 Å². The first-order valence-corrected chi connectivity index (χ1v) is 11.9. The lowest BCUT2D eigenvalue weighted by atomic mass is 10.1. The van der Waals surface area contributed by atoms with Gasteiger partial charge in [0.15, 0.2) is 5.65 Å². The van der Waals surface area contributed by atoms with Crippen LogP contribution in [-0.4, -0.2) is 44.7 Å². The Labute approximate surface area is 196 Å². The molecule has 0 spiro atoms. The zero-order valence-electron chi connectivity index (χ0n) is 18.8. The van der Waals surface area contributed by atoms with E-state index < -0.39 is 10.0 Å². The molecule has 174 valence electrons. The van der Waals surface area contributed by atoms with Crippen molar-refractivity contribution < 1.29 is 22.7 Å². The number of carbonyl (C=O) groups excluding carboxylic acids is 1. The average Bonchev–Trinajstić information content (AvgIpc) is 3.31. The minimum Gasteiger partial charge on any atom is -0.497 e. The van der Waals surface area contributed by atoms with E-state index in [1.807, 2.05) is 0 Å². The molecule has 0 saturated carbocycles. The molecule has 4 aromatic rings. The second-order valence-corrected chi connectivity index (χ2v) is 9.61. The maximum atomic E-state index is 13.4. The molecular formula is C24H22N4O5S. The highest BCUT2D eigenvalue weighted by Gasteiger charge is 2.32. The summed E-state index contributed by atoms with van der Waals surface area (Å²) in [5, 5.41) is 0.579. The SMILES string of the molecule is COc1cc(OC)cc(N2Cc3cnc4c(ccn4S(=O)(=O)c4ccccc4)c3N(C)C2=O)c1. The van der Waals surface area contributed by atoms with Gasteiger partial charge in [-0.1, -0.05) is 18.2 Å². The quantitative estimate of drug-likeness (QED) is 0.432. The highest BCUT2D eigenvalue weighted by atomic mass is 32.2. The summed E-state index contributed by atoms with van der Waals surface area (Å²) in [7, 11) is 0.920. The molecule has 1 aliphatic rings. The van der Waals surface area contributed by atoms with Crippen LogP contribution in [0.5, 0.6) is 11.5 Å². The van der Waals surface area contributed by atoms with Gasteiger partial charge in [0.2, 0.25) is 0 Å². The van der Waals surface area contributed by atoms with Crippen LogP contribution in [-0.2, 0) is 16.6 Å². The largest absolute Gasteiger partial charge is 0.497 e. The van der Waals surface area contributed by atoms with Crippen LogP contribution in [0.15, 0.2) is 71.9 Å². The van der Waals surface area contributed by atoms with E-state index in [0.29, 0.717) is 28.3 Å². The van der Waals surface area contributed by atoms with Crippen molar-refractivity contribution in [3.05, 3.63) is 72.6 Å². The number of urea groups is 1. The van der Waals surface area contributed by atoms with Crippen LogP contribution in [0.4, 0.5) is 16.2 Å². The monoisotopic (exact) mass is 478 g/mol. The van der Waals surface area contributed by atoms with Gasteiger partial charge in [0.1, 0.15) is 11.5 Å². The minimum absolute atomic E-state index is 0.162. The summed E-state index contributed by atoms with van der Waals surface area (Å²) in [4.78, 5) is 21.1. The fourth-order valence-electron chi connectivity index (χ4n) is 4.17. The highest BCUT2D eigenvalue weighted by Crippen LogP contribution is 2.38. The first-order valence-electron chi connectivity index (χ1n) is 10.4. The molecule has 0 bridgehead atoms. The molecule has 9 nitrogen and oxygen atoms in total. The zero-order valence-corrected chi connectivity index (χ0v) is 19.6. The normalized spacial score (nSPS) is 13.8. The molecule has 1 aliphatic heterocycles. The Kier molecular flexibility index (Phi) is 5.17. The molecule has 0 atom stereocenters. The number of benzene rings is 2. The van der Waals surface area contributed by atoms with E-state index in [2.05, 4.69) is 4.98 Å². The average molecular weight is 479 g/mol. The first-order chi connectivity index (χ1) is 16.3. The van der Waals surface area contributed by atoms with Crippen molar-refractivity contribution in [2.24, 2.45) is 0 Å². The summed E-state index contributed by atoms with van der Waals surface area (Å²) < 4.78 is 38.2. The second kappa shape index (κ2) is 8.07. The van der Waals surface area contributed by atoms with Gasteiger partial charge in [-0.3, -0.25) is 9.80 Å². The van der Waals surface area contributed by atoms with E-state index in [1.165, 1.54) is 23.2 Å². The summed E-state index contributed by atoms with van der Waals surface area (Å²) in [5.41, 5.74) is 2.29. The van der Waals surface area contributed by atoms with Crippen molar-refractivity contribution in [3.8, 4) is 11.5 Å². The van der Waals surface area contributed by atoms with E-state index in [-0.39, 0.29) is 23.1 Å². The maximum Gasteiger partial charge on any atom is 0.329 e. The molecule has 0 radical (unpaired) electrons. The Morgan fingerprint density at radius 1 is 0.971 bits per heavy atom. The topological polar surface area (TPSA) is 94.0 Å². The van der Waals surface area contributed by atoms with E-state index in [9.17, 15) is 13.2 Å². The smallest absolute Gasteiger partial charge is 0.329 e. The standard InChI is InChI=1S/C24H22N4O5S/c1-26-22-16(15-27(24(26)29)17-11-18(32-2)13-19(12-17)33-3)14-25-23-21(22)9-10-28(23)34(30,31)20-7-5-4-6-8-20/h4-14H,15H2,1-3H3. The molecule has 2 aromatic heterocycles. The van der Waals surface area contributed by atoms with Crippen LogP contribution < -0.4 is 19.3 Å². The third kappa shape index (κ3) is 3.34. The summed E-state index contributed by atoms with van der Waals surface area (Å²) in [6.07, 6.45) is 3.08. The van der Waals surface area contributed by atoms with Gasteiger partial charge in [-0.25, -0.2) is 22.2 Å². The van der Waals surface area contributed by atoms with Crippen LogP contribution in [0.3, 0.4) is 0 Å². The molecule has 0 unspecified atom stereocenters. The number of hydrogen-bond acceptors (Lipinski definition) is 6. The summed E-state index contributed by atoms with van der Waals surface area (Å²) in [6.45, 7) is 0.258. The molecular weight excluding hydrogens is 456 g/mol. The first kappa shape index (κ1) is 21.8. The van der Waals surface area contributed by atoms with Gasteiger partial charge in [0.05, 0.1) is 37.0 Å². The number of rotatable bonds is 5. The summed E-state index contributed by atoms with van der Waals surface area (Å²) in [5.74, 6) is 1.12. The molecule has 0 N–H and O–H groups in total. The molecule has 2 amide bonds. The van der Waals surface area contributed by atoms with Gasteiger partial charge in [0.25, 0.3) is 10.0 Å². The van der Waals surface area contributed by atoms with E-state index in [1.54, 1.807) is 74.8 Å². The Hall–Kier alpha value is -4.05. The van der Waals surface area contributed by atoms with Crippen LogP contribution in [0.2, 0.25) is 0 Å². The predicted molar refractivity (Wildman–Crippen MR) is 128 cm³/mol. The van der Waals surface area contributed by atoms with Crippen molar-refractivity contribution in [1.29, 1.82) is 0 Å². The highest BCUT2D eigenvalue weighted by molar-refractivity contribution is 7.90. The van der Waals surface area contributed by atoms with Crippen molar-refractivity contribution in [2.75, 3.05) is 31.1 Å². The van der Waals surface area contributed by atoms with Crippen LogP contribution >= 0.6 is 0 Å². The van der Waals surface area contributed by atoms with Gasteiger partial charge in [0, 0.05) is 48.6 Å². The number of methoxy groups -OCH3 is 2. The Balaban J connectivity index is 1.60. The molecule has 34 heavy (non-hydrogen) atoms. The number of ether oxygens (including phenoxy) is 2. The Morgan fingerprint density at radius 2 is 1.65 bits per heavy atom. The van der Waals surface area contributed by atoms with Gasteiger partial charge in [-0.2, -0.15) is 0 Å². The van der Waals surface area contributed by atoms with Gasteiger partial charge >= 0.3 is 6.03 Å². The van der Waals surface area contributed by atoms with E-state index in [4.69, 9.17) is 9.47 Å². The summed E-state index contributed by atoms with van der Waals surface area (Å²) >= 11 is 0. The second-order valence-electron chi connectivity index (χ2n) is 7.80. The molecule has 0 fully saturated rings. The third-order valence-corrected chi connectivity index (χ3v) is 7.54. The number of aromatic nitrogens is 2. The lowest BCUT2D eigenvalue weighted by Gasteiger charge is -2.35. The lowest BCUT2D eigenvalue weighted by Crippen LogP contribution is -2.45. The number of amides is 2. The van der Waals surface area contributed by atoms with Crippen LogP contribution in [0.25, 0.3) is 11.0 Å². The van der Waals surface area contributed by atoms with Crippen molar-refractivity contribution in [1.82, 2.24) is 8.96 Å². The van der Waals surface area contributed by atoms with E-state index in [0.717, 1.165) is 9.54 Å². The number of carbonyl (C=O) groups is 1. The number of fused-ring (bicyclic) bond motifs is 3. The van der Waals surface area contributed by atoms with Gasteiger partial charge < -0.3 is 9.47 Å². The predicted octanol–water partition coefficient (Wildman–Crippen LogP) is 3.87. The third-order valence-electron chi connectivity index (χ3n) is 5.86.